The summed E-state index contributed by atoms with van der Waals surface area (Å²) in [6.07, 6.45) is -4.23. The average molecular weight is 367 g/mol. The van der Waals surface area contributed by atoms with Crippen molar-refractivity contribution >= 4 is 11.6 Å². The second-order valence-corrected chi connectivity index (χ2v) is 5.76. The third-order valence-corrected chi connectivity index (χ3v) is 4.14. The molecule has 134 valence electrons. The largest absolute Gasteiger partial charge is 0.417 e. The van der Waals surface area contributed by atoms with Crippen LogP contribution in [0.15, 0.2) is 41.6 Å². The van der Waals surface area contributed by atoms with Gasteiger partial charge in [-0.25, -0.2) is 8.78 Å². The van der Waals surface area contributed by atoms with E-state index in [1.807, 2.05) is 0 Å². The lowest BCUT2D eigenvalue weighted by molar-refractivity contribution is -0.137. The van der Waals surface area contributed by atoms with Gasteiger partial charge in [0.1, 0.15) is 0 Å². The van der Waals surface area contributed by atoms with E-state index < -0.39 is 40.5 Å². The first-order valence-corrected chi connectivity index (χ1v) is 7.40. The zero-order valence-corrected chi connectivity index (χ0v) is 13.2. The molecule has 1 aromatic heterocycles. The molecule has 3 nitrogen and oxygen atoms in total. The van der Waals surface area contributed by atoms with Crippen molar-refractivity contribution in [2.75, 3.05) is 0 Å². The molecule has 0 amide bonds. The quantitative estimate of drug-likeness (QED) is 0.743. The molecule has 0 saturated carbocycles. The van der Waals surface area contributed by atoms with Gasteiger partial charge in [0.2, 0.25) is 0 Å². The first-order valence-electron chi connectivity index (χ1n) is 7.40. The van der Waals surface area contributed by atoms with Crippen LogP contribution in [0.2, 0.25) is 0 Å². The number of rotatable bonds is 2. The third kappa shape index (κ3) is 2.91. The van der Waals surface area contributed by atoms with Crippen molar-refractivity contribution in [2.24, 2.45) is 0 Å². The highest BCUT2D eigenvalue weighted by Crippen LogP contribution is 2.32. The number of carbonyl (C=O) groups excluding carboxylic acids is 2. The van der Waals surface area contributed by atoms with Gasteiger partial charge in [-0.3, -0.25) is 14.6 Å². The van der Waals surface area contributed by atoms with E-state index in [1.165, 1.54) is 6.92 Å². The fraction of sp³-hybridized carbons (Fsp3) is 0.167. The van der Waals surface area contributed by atoms with Crippen molar-refractivity contribution in [1.29, 1.82) is 0 Å². The van der Waals surface area contributed by atoms with E-state index in [-0.39, 0.29) is 28.8 Å². The van der Waals surface area contributed by atoms with Crippen LogP contribution < -0.4 is 0 Å². The lowest BCUT2D eigenvalue weighted by Crippen LogP contribution is -2.24. The molecule has 1 aromatic carbocycles. The number of hydrogen-bond acceptors (Lipinski definition) is 3. The molecule has 0 unspecified atom stereocenters. The predicted molar refractivity (Wildman–Crippen MR) is 80.7 cm³/mol. The van der Waals surface area contributed by atoms with Crippen molar-refractivity contribution < 1.29 is 31.5 Å². The van der Waals surface area contributed by atoms with E-state index in [0.29, 0.717) is 6.20 Å². The van der Waals surface area contributed by atoms with Crippen molar-refractivity contribution in [1.82, 2.24) is 4.98 Å². The zero-order valence-electron chi connectivity index (χ0n) is 13.2. The van der Waals surface area contributed by atoms with Gasteiger partial charge in [-0.05, 0) is 31.2 Å². The number of ketones is 2. The summed E-state index contributed by atoms with van der Waals surface area (Å²) >= 11 is 0. The monoisotopic (exact) mass is 367 g/mol. The number of halogens is 5. The lowest BCUT2D eigenvalue weighted by atomic mass is 9.82. The molecular weight excluding hydrogens is 357 g/mol. The van der Waals surface area contributed by atoms with Crippen LogP contribution in [0.1, 0.15) is 38.9 Å². The zero-order chi connectivity index (χ0) is 19.2. The lowest BCUT2D eigenvalue weighted by Gasteiger charge is -2.19. The van der Waals surface area contributed by atoms with E-state index >= 15 is 0 Å². The summed E-state index contributed by atoms with van der Waals surface area (Å²) in [6, 6.07) is 3.65. The maximum Gasteiger partial charge on any atom is 0.417 e. The van der Waals surface area contributed by atoms with E-state index in [9.17, 15) is 31.5 Å². The third-order valence-electron chi connectivity index (χ3n) is 4.14. The Bertz CT molecular complexity index is 959. The predicted octanol–water partition coefficient (Wildman–Crippen LogP) is 4.32. The van der Waals surface area contributed by atoms with Gasteiger partial charge in [-0.1, -0.05) is 0 Å². The van der Waals surface area contributed by atoms with Crippen LogP contribution in [-0.4, -0.2) is 16.6 Å². The minimum absolute atomic E-state index is 0.0233. The number of aromatic nitrogens is 1. The summed E-state index contributed by atoms with van der Waals surface area (Å²) in [5, 5.41) is 0. The molecule has 0 radical (unpaired) electrons. The van der Waals surface area contributed by atoms with E-state index in [1.54, 1.807) is 0 Å². The molecule has 0 bridgehead atoms. The molecular formula is C18H10F5NO2. The minimum atomic E-state index is -4.56. The highest BCUT2D eigenvalue weighted by atomic mass is 19.4. The van der Waals surface area contributed by atoms with Crippen LogP contribution in [0.4, 0.5) is 22.0 Å². The molecule has 26 heavy (non-hydrogen) atoms. The number of allylic oxidation sites excluding steroid dienone is 2. The SMILES string of the molecule is CC1=C(Cc2ccc(C(F)(F)F)cn2)C(=O)c2c(ccc(F)c2F)C1=O. The van der Waals surface area contributed by atoms with Gasteiger partial charge in [0.05, 0.1) is 11.1 Å². The molecule has 1 heterocycles. The maximum absolute atomic E-state index is 14.0. The van der Waals surface area contributed by atoms with E-state index in [2.05, 4.69) is 4.98 Å². The first kappa shape index (κ1) is 17.9. The van der Waals surface area contributed by atoms with Crippen LogP contribution in [0, 0.1) is 11.6 Å². The molecule has 1 aliphatic carbocycles. The van der Waals surface area contributed by atoms with Crippen LogP contribution in [0.25, 0.3) is 0 Å². The van der Waals surface area contributed by atoms with E-state index in [0.717, 1.165) is 24.3 Å². The molecule has 0 fully saturated rings. The molecule has 1 aliphatic rings. The Morgan fingerprint density at radius 1 is 1.00 bits per heavy atom. The van der Waals surface area contributed by atoms with Crippen LogP contribution in [0.3, 0.4) is 0 Å². The number of benzene rings is 1. The van der Waals surface area contributed by atoms with Gasteiger partial charge < -0.3 is 0 Å². The summed E-state index contributed by atoms with van der Waals surface area (Å²) in [6.45, 7) is 1.35. The number of alkyl halides is 3. The highest BCUT2D eigenvalue weighted by molar-refractivity contribution is 6.26. The summed E-state index contributed by atoms with van der Waals surface area (Å²) in [5.74, 6) is -4.21. The molecule has 8 heteroatoms. The van der Waals surface area contributed by atoms with Crippen LogP contribution in [-0.2, 0) is 12.6 Å². The van der Waals surface area contributed by atoms with Gasteiger partial charge in [0, 0.05) is 35.0 Å². The summed E-state index contributed by atoms with van der Waals surface area (Å²) in [4.78, 5) is 28.5. The molecule has 0 atom stereocenters. The Balaban J connectivity index is 2.00. The van der Waals surface area contributed by atoms with Gasteiger partial charge in [0.15, 0.2) is 23.2 Å². The number of hydrogen-bond donors (Lipinski definition) is 0. The summed E-state index contributed by atoms with van der Waals surface area (Å²) < 4.78 is 65.2. The number of fused-ring (bicyclic) bond motifs is 1. The topological polar surface area (TPSA) is 47.0 Å². The second-order valence-electron chi connectivity index (χ2n) is 5.76. The number of nitrogens with zero attached hydrogens (tertiary/aromatic N) is 1. The minimum Gasteiger partial charge on any atom is -0.289 e. The Morgan fingerprint density at radius 3 is 2.27 bits per heavy atom. The molecule has 0 saturated heterocycles. The van der Waals surface area contributed by atoms with Gasteiger partial charge >= 0.3 is 6.18 Å². The Hall–Kier alpha value is -2.90. The van der Waals surface area contributed by atoms with Crippen LogP contribution in [0.5, 0.6) is 0 Å². The molecule has 3 rings (SSSR count). The van der Waals surface area contributed by atoms with Crippen molar-refractivity contribution in [3.05, 3.63) is 75.6 Å². The summed E-state index contributed by atoms with van der Waals surface area (Å²) in [7, 11) is 0. The summed E-state index contributed by atoms with van der Waals surface area (Å²) in [5.41, 5.74) is -1.88. The standard InChI is InChI=1S/C18H10F5NO2/c1-8-12(6-10-3-2-9(7-24-10)18(21,22)23)17(26)14-11(16(8)25)4-5-13(19)15(14)20/h2-5,7H,6H2,1H3. The van der Waals surface area contributed by atoms with Gasteiger partial charge in [-0.2, -0.15) is 13.2 Å². The van der Waals surface area contributed by atoms with E-state index in [4.69, 9.17) is 0 Å². The normalized spacial score (nSPS) is 14.7. The Kier molecular flexibility index (Phi) is 4.21. The van der Waals surface area contributed by atoms with Crippen molar-refractivity contribution in [2.45, 2.75) is 19.5 Å². The number of Topliss-reactive ketones (excluding diaryl/α,β-unsaturated/α-hetero) is 2. The fourth-order valence-corrected chi connectivity index (χ4v) is 2.71. The maximum atomic E-state index is 14.0. The fourth-order valence-electron chi connectivity index (χ4n) is 2.71. The molecule has 0 N–H and O–H groups in total. The Morgan fingerprint density at radius 2 is 1.69 bits per heavy atom. The molecule has 2 aromatic rings. The van der Waals surface area contributed by atoms with Gasteiger partial charge in [0.25, 0.3) is 0 Å². The molecule has 0 spiro atoms. The number of pyridine rings is 1. The smallest absolute Gasteiger partial charge is 0.289 e. The first-order chi connectivity index (χ1) is 12.1. The van der Waals surface area contributed by atoms with Gasteiger partial charge in [-0.15, -0.1) is 0 Å². The Labute approximate surface area is 144 Å². The van der Waals surface area contributed by atoms with Crippen molar-refractivity contribution in [3.63, 3.8) is 0 Å². The number of carbonyl (C=O) groups is 2. The second kappa shape index (κ2) is 6.12. The average Bonchev–Trinajstić information content (AvgIpc) is 2.58. The van der Waals surface area contributed by atoms with Crippen molar-refractivity contribution in [3.8, 4) is 0 Å². The highest BCUT2D eigenvalue weighted by Gasteiger charge is 2.34. The van der Waals surface area contributed by atoms with Crippen LogP contribution >= 0.6 is 0 Å². The molecule has 0 aliphatic heterocycles.